The third-order valence-corrected chi connectivity index (χ3v) is 11.0. The number of barbiturate groups is 1. The first-order valence-electron chi connectivity index (χ1n) is 14.3. The van der Waals surface area contributed by atoms with E-state index in [1.165, 1.54) is 44.1 Å². The van der Waals surface area contributed by atoms with Crippen LogP contribution < -0.4 is 10.2 Å². The minimum absolute atomic E-state index is 0.0798. The Bertz CT molecular complexity index is 1620. The summed E-state index contributed by atoms with van der Waals surface area (Å²) in [5.74, 6) is 1.17. The minimum Gasteiger partial charge on any atom is -0.318 e. The summed E-state index contributed by atoms with van der Waals surface area (Å²) in [5.41, 5.74) is 5.28. The normalized spacial score (nSPS) is 28.1. The molecule has 3 aromatic rings. The van der Waals surface area contributed by atoms with Crippen LogP contribution in [0.4, 0.5) is 10.5 Å². The van der Waals surface area contributed by atoms with Crippen molar-refractivity contribution in [1.29, 1.82) is 0 Å². The zero-order valence-corrected chi connectivity index (χ0v) is 25.4. The fraction of sp³-hybridized carbons (Fsp3) is 0.364. The van der Waals surface area contributed by atoms with Gasteiger partial charge in [0.25, 0.3) is 11.8 Å². The molecular weight excluding hydrogens is 602 g/mol. The Balaban J connectivity index is 1.19. The summed E-state index contributed by atoms with van der Waals surface area (Å²) in [4.78, 5) is 40.5. The van der Waals surface area contributed by atoms with Gasteiger partial charge in [0.05, 0.1) is 10.7 Å². The van der Waals surface area contributed by atoms with Gasteiger partial charge in [-0.15, -0.1) is 0 Å². The summed E-state index contributed by atoms with van der Waals surface area (Å²) < 4.78 is 2.81. The molecule has 5 aliphatic rings. The lowest BCUT2D eigenvalue weighted by Gasteiger charge is -2.57. The van der Waals surface area contributed by atoms with Crippen LogP contribution in [0.25, 0.3) is 11.8 Å². The zero-order chi connectivity index (χ0) is 28.6. The van der Waals surface area contributed by atoms with Gasteiger partial charge in [0.1, 0.15) is 5.57 Å². The molecule has 2 heterocycles. The van der Waals surface area contributed by atoms with Crippen molar-refractivity contribution in [3.05, 3.63) is 86.1 Å². The van der Waals surface area contributed by atoms with E-state index in [0.29, 0.717) is 16.3 Å². The maximum absolute atomic E-state index is 13.7. The van der Waals surface area contributed by atoms with Gasteiger partial charge in [-0.25, -0.2) is 9.69 Å². The second kappa shape index (κ2) is 9.70. The van der Waals surface area contributed by atoms with Crippen LogP contribution in [0.15, 0.2) is 58.6 Å². The number of imide groups is 2. The molecule has 1 saturated heterocycles. The highest BCUT2D eigenvalue weighted by atomic mass is 79.9. The monoisotopic (exact) mass is 631 g/mol. The van der Waals surface area contributed by atoms with Crippen LogP contribution in [0, 0.1) is 31.6 Å². The Kier molecular flexibility index (Phi) is 6.32. The quantitative estimate of drug-likeness (QED) is 0.237. The van der Waals surface area contributed by atoms with E-state index in [9.17, 15) is 14.4 Å². The topological polar surface area (TPSA) is 71.4 Å². The van der Waals surface area contributed by atoms with E-state index in [2.05, 4.69) is 33.4 Å². The number of benzene rings is 2. The van der Waals surface area contributed by atoms with Gasteiger partial charge in [0, 0.05) is 21.5 Å². The average molecular weight is 633 g/mol. The molecule has 4 saturated carbocycles. The van der Waals surface area contributed by atoms with Crippen LogP contribution in [0.3, 0.4) is 0 Å². The second-order valence-electron chi connectivity index (χ2n) is 12.5. The number of nitrogens with one attached hydrogen (secondary N) is 1. The number of halogens is 2. The molecule has 8 rings (SSSR count). The molecule has 41 heavy (non-hydrogen) atoms. The highest BCUT2D eigenvalue weighted by Crippen LogP contribution is 2.60. The molecule has 4 bridgehead atoms. The predicted molar refractivity (Wildman–Crippen MR) is 163 cm³/mol. The first kappa shape index (κ1) is 26.7. The van der Waals surface area contributed by atoms with E-state index in [0.717, 1.165) is 44.2 Å². The lowest BCUT2D eigenvalue weighted by molar-refractivity contribution is -0.122. The summed E-state index contributed by atoms with van der Waals surface area (Å²) >= 11 is 9.76. The van der Waals surface area contributed by atoms with Gasteiger partial charge in [-0.2, -0.15) is 0 Å². The summed E-state index contributed by atoms with van der Waals surface area (Å²) in [6.07, 6.45) is 9.43. The molecule has 0 radical (unpaired) electrons. The molecule has 0 atom stereocenters. The summed E-state index contributed by atoms with van der Waals surface area (Å²) in [7, 11) is 0. The molecule has 8 heteroatoms. The maximum Gasteiger partial charge on any atom is 0.335 e. The van der Waals surface area contributed by atoms with E-state index >= 15 is 0 Å². The standard InChI is InChI=1S/C33H31BrClN3O3/c1-18-9-23(19(2)37(18)26-7-8-28(34)29(35)14-26)13-27-30(39)36-32(41)38(31(27)40)25-5-3-24(4-6-25)33-15-20-10-21(16-33)12-22(11-20)17-33/h3-9,13-14,20-22H,10-12,15-17H2,1-2H3,(H,36,39,41)/b27-13+. The van der Waals surface area contributed by atoms with Crippen LogP contribution in [0.5, 0.6) is 0 Å². The van der Waals surface area contributed by atoms with Crippen molar-refractivity contribution in [1.82, 2.24) is 9.88 Å². The van der Waals surface area contributed by atoms with Gasteiger partial charge < -0.3 is 4.57 Å². The molecule has 6 nitrogen and oxygen atoms in total. The molecule has 1 N–H and O–H groups in total. The van der Waals surface area contributed by atoms with Gasteiger partial charge in [0.2, 0.25) is 0 Å². The van der Waals surface area contributed by atoms with Crippen molar-refractivity contribution in [3.8, 4) is 5.69 Å². The summed E-state index contributed by atoms with van der Waals surface area (Å²) in [6.45, 7) is 3.88. The lowest BCUT2D eigenvalue weighted by Crippen LogP contribution is -2.54. The molecule has 4 aliphatic carbocycles. The van der Waals surface area contributed by atoms with Crippen molar-refractivity contribution >= 4 is 57.1 Å². The zero-order valence-electron chi connectivity index (χ0n) is 23.0. The lowest BCUT2D eigenvalue weighted by atomic mass is 9.48. The largest absolute Gasteiger partial charge is 0.335 e. The van der Waals surface area contributed by atoms with Gasteiger partial charge in [-0.05, 0) is 145 Å². The molecule has 1 aromatic heterocycles. The van der Waals surface area contributed by atoms with Crippen molar-refractivity contribution in [2.24, 2.45) is 17.8 Å². The minimum atomic E-state index is -0.727. The molecule has 5 fully saturated rings. The smallest absolute Gasteiger partial charge is 0.318 e. The number of carbonyl (C=O) groups is 3. The van der Waals surface area contributed by atoms with E-state index in [-0.39, 0.29) is 11.0 Å². The first-order valence-corrected chi connectivity index (χ1v) is 15.5. The number of aromatic nitrogens is 1. The molecule has 0 spiro atoms. The molecule has 210 valence electrons. The van der Waals surface area contributed by atoms with Crippen molar-refractivity contribution in [2.75, 3.05) is 4.90 Å². The third kappa shape index (κ3) is 4.40. The maximum atomic E-state index is 13.7. The average Bonchev–Trinajstić information content (AvgIpc) is 3.20. The van der Waals surface area contributed by atoms with Crippen molar-refractivity contribution < 1.29 is 14.4 Å². The van der Waals surface area contributed by atoms with E-state index < -0.39 is 17.8 Å². The van der Waals surface area contributed by atoms with Crippen LogP contribution in [-0.2, 0) is 15.0 Å². The summed E-state index contributed by atoms with van der Waals surface area (Å²) in [6, 6.07) is 14.8. The van der Waals surface area contributed by atoms with Crippen LogP contribution in [0.1, 0.15) is 61.0 Å². The Hall–Kier alpha value is -3.16. The number of nitrogens with zero attached hydrogens (tertiary/aromatic N) is 2. The van der Waals surface area contributed by atoms with Gasteiger partial charge in [-0.1, -0.05) is 23.7 Å². The highest BCUT2D eigenvalue weighted by Gasteiger charge is 2.51. The predicted octanol–water partition coefficient (Wildman–Crippen LogP) is 7.64. The van der Waals surface area contributed by atoms with E-state index in [1.54, 1.807) is 6.08 Å². The fourth-order valence-electron chi connectivity index (χ4n) is 8.43. The van der Waals surface area contributed by atoms with Crippen LogP contribution in [-0.4, -0.2) is 22.4 Å². The number of urea groups is 1. The number of hydrogen-bond acceptors (Lipinski definition) is 3. The molecule has 0 unspecified atom stereocenters. The van der Waals surface area contributed by atoms with E-state index in [1.807, 2.05) is 54.8 Å². The molecule has 4 amide bonds. The SMILES string of the molecule is Cc1cc(/C=C2\C(=O)NC(=O)N(c3ccc(C45CC6CC(CC(C6)C4)C5)cc3)C2=O)c(C)n1-c1ccc(Br)c(Cl)c1. The van der Waals surface area contributed by atoms with Crippen LogP contribution in [0.2, 0.25) is 5.02 Å². The van der Waals surface area contributed by atoms with Gasteiger partial charge in [0.15, 0.2) is 0 Å². The number of anilines is 1. The molecular formula is C33H31BrClN3O3. The Morgan fingerprint density at radius 3 is 2.12 bits per heavy atom. The van der Waals surface area contributed by atoms with Crippen molar-refractivity contribution in [2.45, 2.75) is 57.8 Å². The third-order valence-electron chi connectivity index (χ3n) is 9.81. The number of aryl methyl sites for hydroxylation is 1. The Morgan fingerprint density at radius 2 is 1.51 bits per heavy atom. The number of carbonyl (C=O) groups excluding carboxylic acids is 3. The number of hydrogen-bond donors (Lipinski definition) is 1. The number of rotatable bonds is 4. The van der Waals surface area contributed by atoms with Crippen molar-refractivity contribution in [3.63, 3.8) is 0 Å². The van der Waals surface area contributed by atoms with Gasteiger partial charge in [-0.3, -0.25) is 14.9 Å². The molecule has 1 aliphatic heterocycles. The second-order valence-corrected chi connectivity index (χ2v) is 13.7. The Morgan fingerprint density at radius 1 is 0.902 bits per heavy atom. The fourth-order valence-corrected chi connectivity index (χ4v) is 8.85. The van der Waals surface area contributed by atoms with E-state index in [4.69, 9.17) is 11.6 Å². The Labute approximate surface area is 252 Å². The first-order chi connectivity index (χ1) is 19.6. The molecule has 2 aromatic carbocycles. The summed E-state index contributed by atoms with van der Waals surface area (Å²) in [5, 5.41) is 2.95. The number of amides is 4. The van der Waals surface area contributed by atoms with Crippen LogP contribution >= 0.6 is 27.5 Å². The highest BCUT2D eigenvalue weighted by molar-refractivity contribution is 9.10. The van der Waals surface area contributed by atoms with Gasteiger partial charge >= 0.3 is 6.03 Å².